The molecule has 0 atom stereocenters. The van der Waals surface area contributed by atoms with Crippen LogP contribution in [-0.4, -0.2) is 43.8 Å². The minimum atomic E-state index is -3.62. The molecule has 0 bridgehead atoms. The van der Waals surface area contributed by atoms with Gasteiger partial charge in [-0.3, -0.25) is 0 Å². The predicted molar refractivity (Wildman–Crippen MR) is 115 cm³/mol. The molecule has 2 aromatic rings. The van der Waals surface area contributed by atoms with E-state index >= 15 is 0 Å². The van der Waals surface area contributed by atoms with Gasteiger partial charge in [-0.2, -0.15) is 4.31 Å². The summed E-state index contributed by atoms with van der Waals surface area (Å²) < 4.78 is 28.1. The number of rotatable bonds is 7. The molecule has 1 heterocycles. The number of benzene rings is 2. The maximum Gasteiger partial charge on any atom is 0.243 e. The number of piperidine rings is 1. The van der Waals surface area contributed by atoms with Crippen molar-refractivity contribution in [3.63, 3.8) is 0 Å². The molecule has 1 aliphatic rings. The number of sulfonamides is 1. The van der Waals surface area contributed by atoms with Gasteiger partial charge in [0.25, 0.3) is 0 Å². The largest absolute Gasteiger partial charge is 0.302 e. The molecule has 0 aliphatic carbocycles. The van der Waals surface area contributed by atoms with Crippen LogP contribution in [0, 0.1) is 5.92 Å². The summed E-state index contributed by atoms with van der Waals surface area (Å²) in [4.78, 5) is 2.62. The van der Waals surface area contributed by atoms with Gasteiger partial charge in [-0.25, -0.2) is 8.42 Å². The average molecular weight is 441 g/mol. The van der Waals surface area contributed by atoms with Gasteiger partial charge in [0.15, 0.2) is 0 Å². The lowest BCUT2D eigenvalue weighted by Crippen LogP contribution is -2.41. The highest BCUT2D eigenvalue weighted by Crippen LogP contribution is 2.22. The summed E-state index contributed by atoms with van der Waals surface area (Å²) in [6.45, 7) is 5.81. The Morgan fingerprint density at radius 1 is 0.964 bits per heavy atom. The first-order chi connectivity index (χ1) is 13.3. The van der Waals surface area contributed by atoms with Gasteiger partial charge in [-0.1, -0.05) is 42.3 Å². The Balaban J connectivity index is 1.78. The first-order valence-corrected chi connectivity index (χ1v) is 11.8. The molecule has 0 spiro atoms. The molecule has 3 rings (SSSR count). The maximum absolute atomic E-state index is 13.3. The van der Waals surface area contributed by atoms with E-state index in [2.05, 4.69) is 11.8 Å². The second kappa shape index (κ2) is 9.59. The van der Waals surface area contributed by atoms with Crippen LogP contribution in [-0.2, 0) is 16.6 Å². The third kappa shape index (κ3) is 5.71. The van der Waals surface area contributed by atoms with Crippen LogP contribution >= 0.6 is 23.2 Å². The average Bonchev–Trinajstić information content (AvgIpc) is 2.68. The number of hydrogen-bond donors (Lipinski definition) is 0. The molecular weight excluding hydrogens is 415 g/mol. The SMILES string of the molecule is CC1CCN(CCN(Cc2ccc(Cl)cc2)S(=O)(=O)c2ccc(Cl)cc2)CC1. The number of nitrogens with zero attached hydrogens (tertiary/aromatic N) is 2. The minimum absolute atomic E-state index is 0.262. The summed E-state index contributed by atoms with van der Waals surface area (Å²) in [6, 6.07) is 13.7. The van der Waals surface area contributed by atoms with E-state index < -0.39 is 10.0 Å². The van der Waals surface area contributed by atoms with Crippen molar-refractivity contribution < 1.29 is 8.42 Å². The molecule has 2 aromatic carbocycles. The highest BCUT2D eigenvalue weighted by molar-refractivity contribution is 7.89. The molecule has 0 aromatic heterocycles. The molecule has 0 N–H and O–H groups in total. The predicted octanol–water partition coefficient (Wildman–Crippen LogP) is 4.92. The van der Waals surface area contributed by atoms with Crippen molar-refractivity contribution in [3.05, 3.63) is 64.1 Å². The lowest BCUT2D eigenvalue weighted by Gasteiger charge is -2.32. The van der Waals surface area contributed by atoms with Crippen molar-refractivity contribution in [2.24, 2.45) is 5.92 Å². The Labute approximate surface area is 178 Å². The molecule has 1 saturated heterocycles. The highest BCUT2D eigenvalue weighted by atomic mass is 35.5. The monoisotopic (exact) mass is 440 g/mol. The van der Waals surface area contributed by atoms with E-state index in [1.165, 1.54) is 12.8 Å². The Hall–Kier alpha value is -1.11. The molecule has 4 nitrogen and oxygen atoms in total. The van der Waals surface area contributed by atoms with Crippen molar-refractivity contribution >= 4 is 33.2 Å². The normalized spacial score (nSPS) is 16.6. The maximum atomic E-state index is 13.3. The van der Waals surface area contributed by atoms with Crippen molar-refractivity contribution in [1.29, 1.82) is 0 Å². The molecule has 0 amide bonds. The van der Waals surface area contributed by atoms with Crippen LogP contribution < -0.4 is 0 Å². The van der Waals surface area contributed by atoms with Crippen LogP contribution in [0.4, 0.5) is 0 Å². The smallest absolute Gasteiger partial charge is 0.243 e. The second-order valence-electron chi connectivity index (χ2n) is 7.44. The Bertz CT molecular complexity index is 862. The molecule has 0 radical (unpaired) electrons. The van der Waals surface area contributed by atoms with Crippen molar-refractivity contribution in [2.45, 2.75) is 31.2 Å². The van der Waals surface area contributed by atoms with Gasteiger partial charge in [0.05, 0.1) is 4.90 Å². The number of likely N-dealkylation sites (tertiary alicyclic amines) is 1. The molecule has 7 heteroatoms. The van der Waals surface area contributed by atoms with Gasteiger partial charge in [0, 0.05) is 29.7 Å². The Kier molecular flexibility index (Phi) is 7.40. The summed E-state index contributed by atoms with van der Waals surface area (Å²) in [7, 11) is -3.62. The lowest BCUT2D eigenvalue weighted by molar-refractivity contribution is 0.181. The minimum Gasteiger partial charge on any atom is -0.302 e. The highest BCUT2D eigenvalue weighted by Gasteiger charge is 2.26. The number of hydrogen-bond acceptors (Lipinski definition) is 3. The van der Waals surface area contributed by atoms with Crippen molar-refractivity contribution in [1.82, 2.24) is 9.21 Å². The molecule has 1 fully saturated rings. The van der Waals surface area contributed by atoms with Crippen LogP contribution in [0.15, 0.2) is 53.4 Å². The van der Waals surface area contributed by atoms with Crippen molar-refractivity contribution in [3.8, 4) is 0 Å². The van der Waals surface area contributed by atoms with Crippen LogP contribution in [0.3, 0.4) is 0 Å². The fourth-order valence-corrected chi connectivity index (χ4v) is 5.04. The summed E-state index contributed by atoms with van der Waals surface area (Å²) in [5, 5.41) is 1.16. The second-order valence-corrected chi connectivity index (χ2v) is 10.3. The van der Waals surface area contributed by atoms with E-state index in [0.717, 1.165) is 31.1 Å². The third-order valence-electron chi connectivity index (χ3n) is 5.27. The molecule has 0 unspecified atom stereocenters. The van der Waals surface area contributed by atoms with Crippen molar-refractivity contribution in [2.75, 3.05) is 26.2 Å². The summed E-state index contributed by atoms with van der Waals surface area (Å²) in [5.41, 5.74) is 0.911. The molecule has 152 valence electrons. The van der Waals surface area contributed by atoms with Gasteiger partial charge < -0.3 is 4.90 Å². The van der Waals surface area contributed by atoms with Gasteiger partial charge in [0.1, 0.15) is 0 Å². The fourth-order valence-electron chi connectivity index (χ4n) is 3.37. The molecule has 1 aliphatic heterocycles. The fraction of sp³-hybridized carbons (Fsp3) is 0.429. The van der Waals surface area contributed by atoms with E-state index in [1.54, 1.807) is 40.7 Å². The van der Waals surface area contributed by atoms with Gasteiger partial charge >= 0.3 is 0 Å². The van der Waals surface area contributed by atoms with Crippen LogP contribution in [0.2, 0.25) is 10.0 Å². The van der Waals surface area contributed by atoms with E-state index in [-0.39, 0.29) is 4.90 Å². The van der Waals surface area contributed by atoms with Gasteiger partial charge in [0.2, 0.25) is 10.0 Å². The first kappa shape index (κ1) is 21.6. The zero-order valence-corrected chi connectivity index (χ0v) is 18.3. The van der Waals surface area contributed by atoms with Gasteiger partial charge in [-0.05, 0) is 73.8 Å². The quantitative estimate of drug-likeness (QED) is 0.613. The molecular formula is C21H26Cl2N2O2S. The van der Waals surface area contributed by atoms with Gasteiger partial charge in [-0.15, -0.1) is 0 Å². The van der Waals surface area contributed by atoms with E-state index in [0.29, 0.717) is 23.1 Å². The van der Waals surface area contributed by atoms with E-state index in [1.807, 2.05) is 12.1 Å². The van der Waals surface area contributed by atoms with Crippen LogP contribution in [0.1, 0.15) is 25.3 Å². The molecule has 0 saturated carbocycles. The number of halogens is 2. The summed E-state index contributed by atoms with van der Waals surface area (Å²) >= 11 is 11.9. The lowest BCUT2D eigenvalue weighted by atomic mass is 9.99. The zero-order valence-electron chi connectivity index (χ0n) is 16.0. The standard InChI is InChI=1S/C21H26Cl2N2O2S/c1-17-10-12-24(13-11-17)14-15-25(16-18-2-4-19(22)5-3-18)28(26,27)21-8-6-20(23)7-9-21/h2-9,17H,10-16H2,1H3. The summed E-state index contributed by atoms with van der Waals surface area (Å²) in [6.07, 6.45) is 2.34. The molecule has 28 heavy (non-hydrogen) atoms. The van der Waals surface area contributed by atoms with Crippen LogP contribution in [0.25, 0.3) is 0 Å². The van der Waals surface area contributed by atoms with Crippen LogP contribution in [0.5, 0.6) is 0 Å². The first-order valence-electron chi connectivity index (χ1n) is 9.57. The summed E-state index contributed by atoms with van der Waals surface area (Å²) in [5.74, 6) is 0.749. The Morgan fingerprint density at radius 2 is 1.50 bits per heavy atom. The Morgan fingerprint density at radius 3 is 2.07 bits per heavy atom. The van der Waals surface area contributed by atoms with E-state index in [4.69, 9.17) is 23.2 Å². The third-order valence-corrected chi connectivity index (χ3v) is 7.63. The topological polar surface area (TPSA) is 40.6 Å². The van der Waals surface area contributed by atoms with E-state index in [9.17, 15) is 8.42 Å². The zero-order chi connectivity index (χ0) is 20.1.